The summed E-state index contributed by atoms with van der Waals surface area (Å²) in [6, 6.07) is 10.7. The number of benzene rings is 1. The number of carbonyl (C=O) groups is 1. The summed E-state index contributed by atoms with van der Waals surface area (Å²) in [5.41, 5.74) is 1.24. The van der Waals surface area contributed by atoms with Gasteiger partial charge in [-0.2, -0.15) is 0 Å². The van der Waals surface area contributed by atoms with Gasteiger partial charge in [0.15, 0.2) is 0 Å². The molecule has 26 heavy (non-hydrogen) atoms. The summed E-state index contributed by atoms with van der Waals surface area (Å²) >= 11 is 0. The highest BCUT2D eigenvalue weighted by atomic mass is 16.2. The van der Waals surface area contributed by atoms with Crippen molar-refractivity contribution in [2.75, 3.05) is 26.7 Å². The van der Waals surface area contributed by atoms with Gasteiger partial charge in [0.1, 0.15) is 0 Å². The molecule has 0 spiro atoms. The fourth-order valence-electron chi connectivity index (χ4n) is 6.05. The molecule has 3 nitrogen and oxygen atoms in total. The summed E-state index contributed by atoms with van der Waals surface area (Å²) in [4.78, 5) is 16.0. The van der Waals surface area contributed by atoms with Crippen LogP contribution in [0.25, 0.3) is 0 Å². The Morgan fingerprint density at radius 1 is 1.15 bits per heavy atom. The van der Waals surface area contributed by atoms with Gasteiger partial charge in [0.2, 0.25) is 5.91 Å². The van der Waals surface area contributed by atoms with Crippen molar-refractivity contribution in [3.63, 3.8) is 0 Å². The van der Waals surface area contributed by atoms with Crippen molar-refractivity contribution in [3.8, 4) is 0 Å². The first-order chi connectivity index (χ1) is 12.7. The topological polar surface area (TPSA) is 32.3 Å². The first-order valence-corrected chi connectivity index (χ1v) is 10.7. The number of amides is 1. The van der Waals surface area contributed by atoms with Crippen molar-refractivity contribution in [3.05, 3.63) is 35.9 Å². The molecule has 142 valence electrons. The van der Waals surface area contributed by atoms with E-state index in [9.17, 15) is 4.79 Å². The van der Waals surface area contributed by atoms with Gasteiger partial charge in [0.05, 0.1) is 5.41 Å². The summed E-state index contributed by atoms with van der Waals surface area (Å²) in [6.07, 6.45) is 9.60. The average molecular weight is 355 g/mol. The van der Waals surface area contributed by atoms with Crippen molar-refractivity contribution < 1.29 is 4.79 Å². The molecular weight excluding hydrogens is 320 g/mol. The van der Waals surface area contributed by atoms with Crippen LogP contribution in [0.4, 0.5) is 0 Å². The zero-order chi connectivity index (χ0) is 18.0. The standard InChI is InChI=1S/C23H34N2O/c1-24-12-9-18-10-13-25(14-11-18)22(26)23(16-19-5-3-2-4-6-19)17-20-7-8-21(23)15-20/h2-6,18,20-21,24H,7-17H2,1H3. The molecule has 2 saturated carbocycles. The molecular formula is C23H34N2O. The predicted molar refractivity (Wildman–Crippen MR) is 106 cm³/mol. The monoisotopic (exact) mass is 354 g/mol. The van der Waals surface area contributed by atoms with E-state index in [1.807, 2.05) is 7.05 Å². The lowest BCUT2D eigenvalue weighted by molar-refractivity contribution is -0.147. The first kappa shape index (κ1) is 18.0. The summed E-state index contributed by atoms with van der Waals surface area (Å²) < 4.78 is 0. The van der Waals surface area contributed by atoms with Gasteiger partial charge in [0.25, 0.3) is 0 Å². The largest absolute Gasteiger partial charge is 0.342 e. The van der Waals surface area contributed by atoms with Gasteiger partial charge in [-0.15, -0.1) is 0 Å². The molecule has 1 aromatic rings. The highest BCUT2D eigenvalue weighted by Crippen LogP contribution is 2.58. The molecule has 1 amide bonds. The highest BCUT2D eigenvalue weighted by Gasteiger charge is 2.56. The third-order valence-electron chi connectivity index (χ3n) is 7.47. The van der Waals surface area contributed by atoms with Crippen LogP contribution >= 0.6 is 0 Å². The second-order valence-corrected chi connectivity index (χ2v) is 9.03. The average Bonchev–Trinajstić information content (AvgIpc) is 3.29. The van der Waals surface area contributed by atoms with Gasteiger partial charge >= 0.3 is 0 Å². The SMILES string of the molecule is CNCCC1CCN(C(=O)C2(Cc3ccccc3)CC3CCC2C3)CC1. The Balaban J connectivity index is 1.47. The number of hydrogen-bond donors (Lipinski definition) is 1. The molecule has 2 bridgehead atoms. The number of piperidine rings is 1. The molecule has 3 unspecified atom stereocenters. The fraction of sp³-hybridized carbons (Fsp3) is 0.696. The van der Waals surface area contributed by atoms with Gasteiger partial charge in [-0.3, -0.25) is 4.79 Å². The van der Waals surface area contributed by atoms with Gasteiger partial charge in [0, 0.05) is 13.1 Å². The van der Waals surface area contributed by atoms with Crippen LogP contribution < -0.4 is 5.32 Å². The molecule has 1 heterocycles. The molecule has 1 saturated heterocycles. The van der Waals surface area contributed by atoms with E-state index >= 15 is 0 Å². The molecule has 0 aromatic heterocycles. The molecule has 3 heteroatoms. The zero-order valence-corrected chi connectivity index (χ0v) is 16.3. The van der Waals surface area contributed by atoms with E-state index in [-0.39, 0.29) is 5.41 Å². The van der Waals surface area contributed by atoms with Crippen molar-refractivity contribution in [1.82, 2.24) is 10.2 Å². The van der Waals surface area contributed by atoms with E-state index in [0.717, 1.165) is 44.3 Å². The van der Waals surface area contributed by atoms with Gasteiger partial charge in [-0.25, -0.2) is 0 Å². The van der Waals surface area contributed by atoms with Crippen LogP contribution in [0.3, 0.4) is 0 Å². The molecule has 1 aromatic carbocycles. The smallest absolute Gasteiger partial charge is 0.229 e. The molecule has 4 rings (SSSR count). The van der Waals surface area contributed by atoms with Crippen LogP contribution in [0, 0.1) is 23.2 Å². The normalized spacial score (nSPS) is 31.5. The minimum absolute atomic E-state index is 0.109. The summed E-state index contributed by atoms with van der Waals surface area (Å²) in [7, 11) is 2.03. The van der Waals surface area contributed by atoms with E-state index in [1.165, 1.54) is 44.1 Å². The molecule has 1 N–H and O–H groups in total. The van der Waals surface area contributed by atoms with Crippen LogP contribution in [0.2, 0.25) is 0 Å². The zero-order valence-electron chi connectivity index (χ0n) is 16.3. The number of carbonyl (C=O) groups excluding carboxylic acids is 1. The van der Waals surface area contributed by atoms with Crippen molar-refractivity contribution in [2.45, 2.75) is 51.4 Å². The molecule has 2 aliphatic carbocycles. The molecule has 0 radical (unpaired) electrons. The third-order valence-corrected chi connectivity index (χ3v) is 7.47. The number of rotatable bonds is 6. The van der Waals surface area contributed by atoms with E-state index < -0.39 is 0 Å². The maximum atomic E-state index is 13.8. The lowest BCUT2D eigenvalue weighted by Crippen LogP contribution is -2.50. The van der Waals surface area contributed by atoms with Gasteiger partial charge in [-0.1, -0.05) is 36.8 Å². The highest BCUT2D eigenvalue weighted by molar-refractivity contribution is 5.84. The van der Waals surface area contributed by atoms with Crippen LogP contribution in [0.1, 0.15) is 50.5 Å². The van der Waals surface area contributed by atoms with E-state index in [4.69, 9.17) is 0 Å². The second kappa shape index (κ2) is 7.72. The Hall–Kier alpha value is -1.35. The lowest BCUT2D eigenvalue weighted by atomic mass is 9.68. The van der Waals surface area contributed by atoms with E-state index in [0.29, 0.717) is 11.8 Å². The minimum Gasteiger partial charge on any atom is -0.342 e. The van der Waals surface area contributed by atoms with Crippen LogP contribution in [-0.2, 0) is 11.2 Å². The number of likely N-dealkylation sites (tertiary alicyclic amines) is 1. The minimum atomic E-state index is -0.109. The summed E-state index contributed by atoms with van der Waals surface area (Å²) in [5, 5.41) is 3.26. The van der Waals surface area contributed by atoms with E-state index in [1.54, 1.807) is 0 Å². The van der Waals surface area contributed by atoms with Crippen molar-refractivity contribution in [2.24, 2.45) is 23.2 Å². The number of nitrogens with one attached hydrogen (secondary N) is 1. The lowest BCUT2D eigenvalue weighted by Gasteiger charge is -2.43. The van der Waals surface area contributed by atoms with Crippen LogP contribution in [-0.4, -0.2) is 37.5 Å². The number of hydrogen-bond acceptors (Lipinski definition) is 2. The maximum Gasteiger partial charge on any atom is 0.229 e. The quantitative estimate of drug-likeness (QED) is 0.841. The third kappa shape index (κ3) is 3.43. The second-order valence-electron chi connectivity index (χ2n) is 9.03. The molecule has 3 atom stereocenters. The van der Waals surface area contributed by atoms with Crippen LogP contribution in [0.5, 0.6) is 0 Å². The molecule has 1 aliphatic heterocycles. The van der Waals surface area contributed by atoms with Crippen molar-refractivity contribution in [1.29, 1.82) is 0 Å². The number of fused-ring (bicyclic) bond motifs is 2. The Bertz CT molecular complexity index is 608. The fourth-order valence-corrected chi connectivity index (χ4v) is 6.05. The van der Waals surface area contributed by atoms with Gasteiger partial charge < -0.3 is 10.2 Å². The van der Waals surface area contributed by atoms with E-state index in [2.05, 4.69) is 40.5 Å². The van der Waals surface area contributed by atoms with Crippen molar-refractivity contribution >= 4 is 5.91 Å². The summed E-state index contributed by atoms with van der Waals surface area (Å²) in [6.45, 7) is 3.04. The Morgan fingerprint density at radius 3 is 2.54 bits per heavy atom. The van der Waals surface area contributed by atoms with Gasteiger partial charge in [-0.05, 0) is 81.9 Å². The predicted octanol–water partition coefficient (Wildman–Crippen LogP) is 3.88. The Labute approximate surface area is 158 Å². The molecule has 3 aliphatic rings. The maximum absolute atomic E-state index is 13.8. The van der Waals surface area contributed by atoms with Crippen LogP contribution in [0.15, 0.2) is 30.3 Å². The first-order valence-electron chi connectivity index (χ1n) is 10.7. The summed E-state index contributed by atoms with van der Waals surface area (Å²) in [5.74, 6) is 2.68. The number of nitrogens with zero attached hydrogens (tertiary/aromatic N) is 1. The molecule has 3 fully saturated rings. The Kier molecular flexibility index (Phi) is 5.35. The Morgan fingerprint density at radius 2 is 1.92 bits per heavy atom.